The number of nitrogens with zero attached hydrogens (tertiary/aromatic N) is 1. The molecule has 0 spiro atoms. The van der Waals surface area contributed by atoms with E-state index in [0.717, 1.165) is 24.2 Å². The second-order valence-electron chi connectivity index (χ2n) is 6.72. The molecule has 1 aromatic heterocycles. The van der Waals surface area contributed by atoms with Crippen LogP contribution in [0.1, 0.15) is 39.9 Å². The molecule has 0 saturated carbocycles. The number of hydrogen-bond acceptors (Lipinski definition) is 3. The van der Waals surface area contributed by atoms with Gasteiger partial charge in [-0.15, -0.1) is 0 Å². The van der Waals surface area contributed by atoms with Crippen LogP contribution >= 0.6 is 0 Å². The molecule has 3 aromatic rings. The second-order valence-corrected chi connectivity index (χ2v) is 6.72. The number of amides is 1. The number of H-pyrrole nitrogens is 1. The minimum absolute atomic E-state index is 0.0234. The Bertz CT molecular complexity index is 1030. The van der Waals surface area contributed by atoms with Gasteiger partial charge in [-0.2, -0.15) is 13.2 Å². The van der Waals surface area contributed by atoms with Gasteiger partial charge in [0, 0.05) is 18.7 Å². The molecule has 0 aliphatic carbocycles. The number of imidazole rings is 1. The number of alkyl halides is 3. The highest BCUT2D eigenvalue weighted by Crippen LogP contribution is 2.34. The van der Waals surface area contributed by atoms with Crippen molar-refractivity contribution in [2.24, 2.45) is 0 Å². The molecule has 140 valence electrons. The number of carbonyl (C=O) groups is 1. The summed E-state index contributed by atoms with van der Waals surface area (Å²) >= 11 is 0. The first-order valence-electron chi connectivity index (χ1n) is 8.52. The maximum atomic E-state index is 13.1. The van der Waals surface area contributed by atoms with Gasteiger partial charge in [0.1, 0.15) is 5.52 Å². The smallest absolute Gasteiger partial charge is 0.345 e. The summed E-state index contributed by atoms with van der Waals surface area (Å²) in [6, 6.07) is 7.27. The molecule has 4 rings (SSSR count). The summed E-state index contributed by atoms with van der Waals surface area (Å²) in [5.74, 6) is -0.127. The van der Waals surface area contributed by atoms with Crippen LogP contribution in [0, 0.1) is 0 Å². The molecular formula is C19H17F3N4O. The average Bonchev–Trinajstić information content (AvgIpc) is 3.10. The van der Waals surface area contributed by atoms with Gasteiger partial charge in [-0.05, 0) is 41.3 Å². The van der Waals surface area contributed by atoms with Gasteiger partial charge >= 0.3 is 6.18 Å². The van der Waals surface area contributed by atoms with Crippen LogP contribution in [-0.4, -0.2) is 22.4 Å². The summed E-state index contributed by atoms with van der Waals surface area (Å²) < 4.78 is 39.4. The molecule has 1 unspecified atom stereocenters. The average molecular weight is 374 g/mol. The van der Waals surface area contributed by atoms with Crippen LogP contribution in [0.15, 0.2) is 36.7 Å². The number of hydrogen-bond donors (Lipinski definition) is 3. The third kappa shape index (κ3) is 3.28. The fourth-order valence-electron chi connectivity index (χ4n) is 3.42. The molecular weight excluding hydrogens is 357 g/mol. The summed E-state index contributed by atoms with van der Waals surface area (Å²) in [6.45, 7) is 3.63. The van der Waals surface area contributed by atoms with Crippen molar-refractivity contribution in [1.82, 2.24) is 15.3 Å². The van der Waals surface area contributed by atoms with Crippen LogP contribution < -0.4 is 10.6 Å². The van der Waals surface area contributed by atoms with Crippen LogP contribution in [0.25, 0.3) is 11.0 Å². The topological polar surface area (TPSA) is 69.8 Å². The quantitative estimate of drug-likeness (QED) is 0.634. The maximum Gasteiger partial charge on any atom is 0.416 e. The van der Waals surface area contributed by atoms with E-state index < -0.39 is 17.6 Å². The van der Waals surface area contributed by atoms with Crippen LogP contribution in [-0.2, 0) is 12.7 Å². The zero-order valence-electron chi connectivity index (χ0n) is 14.4. The van der Waals surface area contributed by atoms with Crippen molar-refractivity contribution in [3.63, 3.8) is 0 Å². The molecule has 1 atom stereocenters. The zero-order valence-corrected chi connectivity index (χ0v) is 14.4. The van der Waals surface area contributed by atoms with Gasteiger partial charge in [-0.3, -0.25) is 4.79 Å². The van der Waals surface area contributed by atoms with Gasteiger partial charge in [0.05, 0.1) is 23.1 Å². The third-order valence-corrected chi connectivity index (χ3v) is 4.80. The predicted octanol–water partition coefficient (Wildman–Crippen LogP) is 4.04. The lowest BCUT2D eigenvalue weighted by molar-refractivity contribution is -0.137. The van der Waals surface area contributed by atoms with E-state index in [0.29, 0.717) is 18.0 Å². The zero-order chi connectivity index (χ0) is 19.2. The number of halogens is 3. The van der Waals surface area contributed by atoms with E-state index in [4.69, 9.17) is 0 Å². The van der Waals surface area contributed by atoms with E-state index in [1.54, 1.807) is 12.1 Å². The Balaban J connectivity index is 1.68. The Morgan fingerprint density at radius 2 is 2.07 bits per heavy atom. The standard InChI is InChI=1S/C19H17F3N4O/c1-10-7-23-8-12-4-11(2-3-14(10)12)18(27)26-16-6-13(19(20,21)22)5-15-17(16)25-9-24-15/h2-6,9-10,23H,7-8H2,1H3,(H,24,25)(H,26,27). The van der Waals surface area contributed by atoms with Crippen LogP contribution in [0.4, 0.5) is 18.9 Å². The second kappa shape index (κ2) is 6.38. The summed E-state index contributed by atoms with van der Waals surface area (Å²) in [5.41, 5.74) is 2.27. The van der Waals surface area contributed by atoms with E-state index >= 15 is 0 Å². The Morgan fingerprint density at radius 1 is 1.26 bits per heavy atom. The van der Waals surface area contributed by atoms with E-state index in [-0.39, 0.29) is 16.7 Å². The highest BCUT2D eigenvalue weighted by atomic mass is 19.4. The van der Waals surface area contributed by atoms with Gasteiger partial charge in [0.15, 0.2) is 0 Å². The molecule has 3 N–H and O–H groups in total. The number of benzene rings is 2. The number of rotatable bonds is 2. The first-order chi connectivity index (χ1) is 12.8. The highest BCUT2D eigenvalue weighted by molar-refractivity contribution is 6.08. The monoisotopic (exact) mass is 374 g/mol. The first kappa shape index (κ1) is 17.5. The molecule has 8 heteroatoms. The molecule has 2 heterocycles. The SMILES string of the molecule is CC1CNCc2cc(C(=O)Nc3cc(C(F)(F)F)cc4[nH]cnc34)ccc21. The number of anilines is 1. The summed E-state index contributed by atoms with van der Waals surface area (Å²) in [4.78, 5) is 19.3. The molecule has 0 radical (unpaired) electrons. The van der Waals surface area contributed by atoms with Crippen LogP contribution in [0.2, 0.25) is 0 Å². The number of aromatic nitrogens is 2. The van der Waals surface area contributed by atoms with Crippen LogP contribution in [0.5, 0.6) is 0 Å². The van der Waals surface area contributed by atoms with Crippen molar-refractivity contribution in [3.8, 4) is 0 Å². The lowest BCUT2D eigenvalue weighted by atomic mass is 9.91. The molecule has 1 aliphatic rings. The Kier molecular flexibility index (Phi) is 4.15. The molecule has 0 saturated heterocycles. The van der Waals surface area contributed by atoms with Crippen LogP contribution in [0.3, 0.4) is 0 Å². The van der Waals surface area contributed by atoms with E-state index in [9.17, 15) is 18.0 Å². The minimum Gasteiger partial charge on any atom is -0.345 e. The van der Waals surface area contributed by atoms with Gasteiger partial charge in [-0.25, -0.2) is 4.98 Å². The highest BCUT2D eigenvalue weighted by Gasteiger charge is 2.32. The molecule has 2 aromatic carbocycles. The van der Waals surface area contributed by atoms with Gasteiger partial charge in [0.25, 0.3) is 5.91 Å². The first-order valence-corrected chi connectivity index (χ1v) is 8.52. The van der Waals surface area contributed by atoms with E-state index in [1.807, 2.05) is 6.07 Å². The summed E-state index contributed by atoms with van der Waals surface area (Å²) in [6.07, 6.45) is -3.22. The van der Waals surface area contributed by atoms with E-state index in [2.05, 4.69) is 27.5 Å². The number of fused-ring (bicyclic) bond motifs is 2. The van der Waals surface area contributed by atoms with Crippen molar-refractivity contribution in [2.75, 3.05) is 11.9 Å². The predicted molar refractivity (Wildman–Crippen MR) is 95.6 cm³/mol. The molecule has 0 fully saturated rings. The number of nitrogens with one attached hydrogen (secondary N) is 3. The maximum absolute atomic E-state index is 13.1. The minimum atomic E-state index is -4.52. The summed E-state index contributed by atoms with van der Waals surface area (Å²) in [5, 5.41) is 5.86. The molecule has 1 aliphatic heterocycles. The molecule has 5 nitrogen and oxygen atoms in total. The Hall–Kier alpha value is -2.87. The largest absolute Gasteiger partial charge is 0.416 e. The number of carbonyl (C=O) groups excluding carboxylic acids is 1. The van der Waals surface area contributed by atoms with Gasteiger partial charge in [0.2, 0.25) is 0 Å². The lowest BCUT2D eigenvalue weighted by Gasteiger charge is -2.23. The van der Waals surface area contributed by atoms with Crippen molar-refractivity contribution < 1.29 is 18.0 Å². The van der Waals surface area contributed by atoms with Crippen molar-refractivity contribution in [3.05, 3.63) is 58.9 Å². The molecule has 27 heavy (non-hydrogen) atoms. The molecule has 1 amide bonds. The summed E-state index contributed by atoms with van der Waals surface area (Å²) in [7, 11) is 0. The van der Waals surface area contributed by atoms with Crippen molar-refractivity contribution in [1.29, 1.82) is 0 Å². The lowest BCUT2D eigenvalue weighted by Crippen LogP contribution is -2.27. The fourth-order valence-corrected chi connectivity index (χ4v) is 3.42. The van der Waals surface area contributed by atoms with Crippen molar-refractivity contribution in [2.45, 2.75) is 25.6 Å². The normalized spacial score (nSPS) is 17.0. The Morgan fingerprint density at radius 3 is 2.85 bits per heavy atom. The van der Waals surface area contributed by atoms with Crippen molar-refractivity contribution >= 4 is 22.6 Å². The third-order valence-electron chi connectivity index (χ3n) is 4.80. The van der Waals surface area contributed by atoms with Gasteiger partial charge in [-0.1, -0.05) is 13.0 Å². The van der Waals surface area contributed by atoms with Gasteiger partial charge < -0.3 is 15.6 Å². The fraction of sp³-hybridized carbons (Fsp3) is 0.263. The Labute approximate surface area is 153 Å². The number of aromatic amines is 1. The van der Waals surface area contributed by atoms with E-state index in [1.165, 1.54) is 11.9 Å². The molecule has 0 bridgehead atoms.